The largest absolute Gasteiger partial charge is 0.134 e. The van der Waals surface area contributed by atoms with Crippen LogP contribution in [0, 0.1) is 0 Å². The lowest BCUT2D eigenvalue weighted by atomic mass is 9.94. The quantitative estimate of drug-likeness (QED) is 0.460. The molecule has 0 spiro atoms. The molecule has 2 rings (SSSR count). The summed E-state index contributed by atoms with van der Waals surface area (Å²) in [6.07, 6.45) is 3.41. The van der Waals surface area contributed by atoms with Crippen molar-refractivity contribution in [3.8, 4) is 0 Å². The lowest BCUT2D eigenvalue weighted by Crippen LogP contribution is -1.81. The van der Waals surface area contributed by atoms with Crippen LogP contribution in [0.4, 0.5) is 0 Å². The predicted octanol–water partition coefficient (Wildman–Crippen LogP) is 1.22. The maximum Gasteiger partial charge on any atom is 0.134 e. The molecule has 0 aromatic heterocycles. The minimum Gasteiger partial charge on any atom is -0.105 e. The molecule has 1 heteroatoms. The second-order valence-electron chi connectivity index (χ2n) is 2.87. The summed E-state index contributed by atoms with van der Waals surface area (Å²) in [4.78, 5) is 0. The van der Waals surface area contributed by atoms with Gasteiger partial charge in [-0.25, -0.2) is 0 Å². The summed E-state index contributed by atoms with van der Waals surface area (Å²) in [5, 5.41) is 0. The van der Waals surface area contributed by atoms with E-state index in [0.29, 0.717) is 0 Å². The second kappa shape index (κ2) is 2.01. The molecule has 0 amide bonds. The first-order valence-corrected chi connectivity index (χ1v) is 3.61. The first-order chi connectivity index (χ1) is 4.86. The first-order valence-electron chi connectivity index (χ1n) is 3.61. The smallest absolute Gasteiger partial charge is 0.105 e. The van der Waals surface area contributed by atoms with Gasteiger partial charge in [-0.05, 0) is 17.5 Å². The zero-order chi connectivity index (χ0) is 6.97. The monoisotopic (exact) mass is 128 g/mol. The maximum atomic E-state index is 2.26. The second-order valence-corrected chi connectivity index (χ2v) is 2.87. The van der Waals surface area contributed by atoms with Crippen LogP contribution in [0.5, 0.6) is 0 Å². The van der Waals surface area contributed by atoms with Gasteiger partial charge in [-0.3, -0.25) is 0 Å². The van der Waals surface area contributed by atoms with Gasteiger partial charge in [0, 0.05) is 0 Å². The highest BCUT2D eigenvalue weighted by Crippen LogP contribution is 2.21. The molecule has 0 radical (unpaired) electrons. The molecule has 0 nitrogen and oxygen atoms in total. The molecule has 0 N–H and O–H groups in total. The summed E-state index contributed by atoms with van der Waals surface area (Å²) in [6, 6.07) is 8.56. The first kappa shape index (κ1) is 5.78. The van der Waals surface area contributed by atoms with Gasteiger partial charge < -0.3 is 0 Å². The van der Waals surface area contributed by atoms with Gasteiger partial charge in [-0.2, -0.15) is 0 Å². The van der Waals surface area contributed by atoms with E-state index in [2.05, 4.69) is 38.2 Å². The molecule has 1 aliphatic carbocycles. The molecule has 1 aromatic rings. The lowest BCUT2D eigenvalue weighted by molar-refractivity contribution is 1.29. The minimum absolute atomic E-state index is 1.15. The van der Waals surface area contributed by atoms with Crippen LogP contribution in [0.1, 0.15) is 11.1 Å². The number of fused-ring (bicyclic) bond motifs is 1. The van der Waals surface area contributed by atoms with Crippen LogP contribution < -0.4 is 0 Å². The van der Waals surface area contributed by atoms with Crippen LogP contribution in [0.2, 0.25) is 0 Å². The summed E-state index contributed by atoms with van der Waals surface area (Å²) < 4.78 is 0. The van der Waals surface area contributed by atoms with Gasteiger partial charge in [0.05, 0.1) is 0 Å². The number of allylic oxidation sites excluding steroid dienone is 1. The third-order valence-electron chi connectivity index (χ3n) is 1.93. The van der Waals surface area contributed by atoms with Gasteiger partial charge >= 0.3 is 0 Å². The van der Waals surface area contributed by atoms with Crippen molar-refractivity contribution < 1.29 is 0 Å². The molecule has 0 fully saturated rings. The Balaban J connectivity index is 2.54. The molecular formula is C9H9B. The Hall–Kier alpha value is -0.975. The van der Waals surface area contributed by atoms with Crippen LogP contribution >= 0.6 is 0 Å². The van der Waals surface area contributed by atoms with E-state index < -0.39 is 0 Å². The Kier molecular flexibility index (Phi) is 1.16. The molecule has 0 heterocycles. The standard InChI is InChI=1S/C9H9B/c10-9-5-7-3-1-2-4-8(7)6-9/h1-5H,6,10H2. The van der Waals surface area contributed by atoms with E-state index >= 15 is 0 Å². The van der Waals surface area contributed by atoms with Crippen molar-refractivity contribution in [1.82, 2.24) is 0 Å². The van der Waals surface area contributed by atoms with Crippen molar-refractivity contribution in [1.29, 1.82) is 0 Å². The van der Waals surface area contributed by atoms with Crippen molar-refractivity contribution in [2.45, 2.75) is 6.42 Å². The van der Waals surface area contributed by atoms with E-state index in [1.54, 1.807) is 0 Å². The van der Waals surface area contributed by atoms with Crippen molar-refractivity contribution in [3.05, 3.63) is 40.9 Å². The Morgan fingerprint density at radius 1 is 1.20 bits per heavy atom. The van der Waals surface area contributed by atoms with E-state index in [9.17, 15) is 0 Å². The summed E-state index contributed by atoms with van der Waals surface area (Å²) in [7, 11) is 2.18. The van der Waals surface area contributed by atoms with E-state index in [4.69, 9.17) is 0 Å². The maximum absolute atomic E-state index is 2.26. The zero-order valence-corrected chi connectivity index (χ0v) is 6.09. The molecule has 0 saturated carbocycles. The fraction of sp³-hybridized carbons (Fsp3) is 0.111. The highest BCUT2D eigenvalue weighted by atomic mass is 14.1. The molecule has 0 unspecified atom stereocenters. The summed E-state index contributed by atoms with van der Waals surface area (Å²) in [5.41, 5.74) is 4.35. The van der Waals surface area contributed by atoms with Crippen LogP contribution in [0.3, 0.4) is 0 Å². The van der Waals surface area contributed by atoms with Crippen molar-refractivity contribution in [2.24, 2.45) is 0 Å². The SMILES string of the molecule is BC1=Cc2ccccc2C1. The molecular weight excluding hydrogens is 119 g/mol. The van der Waals surface area contributed by atoms with Crippen LogP contribution in [-0.4, -0.2) is 7.85 Å². The van der Waals surface area contributed by atoms with Crippen molar-refractivity contribution in [2.75, 3.05) is 0 Å². The van der Waals surface area contributed by atoms with E-state index in [0.717, 1.165) is 6.42 Å². The van der Waals surface area contributed by atoms with E-state index in [-0.39, 0.29) is 0 Å². The molecule has 0 aliphatic heterocycles. The molecule has 1 aliphatic rings. The van der Waals surface area contributed by atoms with E-state index in [1.807, 2.05) is 0 Å². The molecule has 0 bridgehead atoms. The third-order valence-corrected chi connectivity index (χ3v) is 1.93. The average Bonchev–Trinajstić information content (AvgIpc) is 2.27. The third kappa shape index (κ3) is 0.785. The lowest BCUT2D eigenvalue weighted by Gasteiger charge is -1.94. The Labute approximate surface area is 62.0 Å². The van der Waals surface area contributed by atoms with Gasteiger partial charge in [0.15, 0.2) is 0 Å². The van der Waals surface area contributed by atoms with Gasteiger partial charge in [-0.1, -0.05) is 30.3 Å². The van der Waals surface area contributed by atoms with Crippen molar-refractivity contribution >= 4 is 13.9 Å². The highest BCUT2D eigenvalue weighted by Gasteiger charge is 2.06. The van der Waals surface area contributed by atoms with Crippen molar-refractivity contribution in [3.63, 3.8) is 0 Å². The fourth-order valence-electron chi connectivity index (χ4n) is 1.45. The highest BCUT2D eigenvalue weighted by molar-refractivity contribution is 6.24. The number of hydrogen-bond donors (Lipinski definition) is 0. The van der Waals surface area contributed by atoms with Gasteiger partial charge in [-0.15, -0.1) is 5.47 Å². The predicted molar refractivity (Wildman–Crippen MR) is 46.7 cm³/mol. The van der Waals surface area contributed by atoms with Crippen LogP contribution in [-0.2, 0) is 6.42 Å². The summed E-state index contributed by atoms with van der Waals surface area (Å²) in [5.74, 6) is 0. The minimum atomic E-state index is 1.15. The molecule has 0 saturated heterocycles. The number of hydrogen-bond acceptors (Lipinski definition) is 0. The van der Waals surface area contributed by atoms with E-state index in [1.165, 1.54) is 16.6 Å². The average molecular weight is 128 g/mol. The van der Waals surface area contributed by atoms with Gasteiger partial charge in [0.2, 0.25) is 0 Å². The van der Waals surface area contributed by atoms with Crippen LogP contribution in [0.15, 0.2) is 29.7 Å². The molecule has 0 atom stereocenters. The zero-order valence-electron chi connectivity index (χ0n) is 6.09. The molecule has 10 heavy (non-hydrogen) atoms. The molecule has 1 aromatic carbocycles. The number of rotatable bonds is 0. The van der Waals surface area contributed by atoms with Gasteiger partial charge in [0.1, 0.15) is 7.85 Å². The number of benzene rings is 1. The summed E-state index contributed by atoms with van der Waals surface area (Å²) in [6.45, 7) is 0. The van der Waals surface area contributed by atoms with Gasteiger partial charge in [0.25, 0.3) is 0 Å². The summed E-state index contributed by atoms with van der Waals surface area (Å²) >= 11 is 0. The normalized spacial score (nSPS) is 14.6. The van der Waals surface area contributed by atoms with Crippen LogP contribution in [0.25, 0.3) is 6.08 Å². The Morgan fingerprint density at radius 3 is 2.80 bits per heavy atom. The Morgan fingerprint density at radius 2 is 2.00 bits per heavy atom. The molecule has 48 valence electrons. The topological polar surface area (TPSA) is 0 Å². The Bertz CT molecular complexity index is 287. The fourth-order valence-corrected chi connectivity index (χ4v) is 1.45.